The third-order valence-electron chi connectivity index (χ3n) is 16.3. The molecule has 5 N–H and O–H groups in total. The van der Waals surface area contributed by atoms with Crippen LogP contribution in [0.3, 0.4) is 0 Å². The average molecular weight is 1070 g/mol. The van der Waals surface area contributed by atoms with E-state index in [2.05, 4.69) is 55.6 Å². The van der Waals surface area contributed by atoms with Crippen molar-refractivity contribution in [3.63, 3.8) is 0 Å². The van der Waals surface area contributed by atoms with Crippen LogP contribution in [0.25, 0.3) is 0 Å². The third-order valence-corrected chi connectivity index (χ3v) is 16.3. The van der Waals surface area contributed by atoms with E-state index in [9.17, 15) is 25.2 Å². The molecule has 0 aliphatic heterocycles. The van der Waals surface area contributed by atoms with Crippen molar-refractivity contribution in [1.82, 2.24) is 5.32 Å². The Kier molecular flexibility index (Phi) is 63.1. The molecule has 0 aromatic heterocycles. The minimum atomic E-state index is -1.29. The fraction of sp³-hybridized carbons (Fsp3) is 0.900. The van der Waals surface area contributed by atoms with E-state index in [1.165, 1.54) is 289 Å². The summed E-state index contributed by atoms with van der Waals surface area (Å²) in [5.41, 5.74) is 0. The molecule has 0 aromatic carbocycles. The van der Waals surface area contributed by atoms with E-state index in [1.54, 1.807) is 0 Å². The topological polar surface area (TPSA) is 110 Å². The number of aliphatic hydroxyl groups is 4. The average Bonchev–Trinajstić information content (AvgIpc) is 3.42. The summed E-state index contributed by atoms with van der Waals surface area (Å²) in [7, 11) is 0. The number of hydrogen-bond acceptors (Lipinski definition) is 5. The van der Waals surface area contributed by atoms with Crippen LogP contribution >= 0.6 is 0 Å². The van der Waals surface area contributed by atoms with Gasteiger partial charge in [-0.1, -0.05) is 346 Å². The van der Waals surface area contributed by atoms with Gasteiger partial charge in [0.1, 0.15) is 12.2 Å². The van der Waals surface area contributed by atoms with Crippen LogP contribution in [0, 0.1) is 0 Å². The zero-order valence-corrected chi connectivity index (χ0v) is 51.3. The van der Waals surface area contributed by atoms with Gasteiger partial charge in [0.2, 0.25) is 5.91 Å². The minimum absolute atomic E-state index is 0.362. The van der Waals surface area contributed by atoms with E-state index in [1.807, 2.05) is 0 Å². The Balaban J connectivity index is 3.58. The number of hydrogen-bond donors (Lipinski definition) is 5. The van der Waals surface area contributed by atoms with Crippen molar-refractivity contribution in [3.8, 4) is 0 Å². The van der Waals surface area contributed by atoms with Crippen molar-refractivity contribution < 1.29 is 25.2 Å². The summed E-state index contributed by atoms with van der Waals surface area (Å²) in [5.74, 6) is -0.593. The van der Waals surface area contributed by atoms with Crippen molar-refractivity contribution in [1.29, 1.82) is 0 Å². The van der Waals surface area contributed by atoms with Gasteiger partial charge in [-0.2, -0.15) is 0 Å². The minimum Gasteiger partial charge on any atom is -0.394 e. The lowest BCUT2D eigenvalue weighted by Gasteiger charge is -2.27. The Morgan fingerprint density at radius 2 is 0.553 bits per heavy atom. The molecule has 0 aliphatic carbocycles. The molecule has 0 radical (unpaired) electrons. The van der Waals surface area contributed by atoms with Crippen LogP contribution in [0.5, 0.6) is 0 Å². The van der Waals surface area contributed by atoms with Crippen LogP contribution < -0.4 is 5.32 Å². The number of rotatable bonds is 64. The van der Waals surface area contributed by atoms with E-state index in [-0.39, 0.29) is 0 Å². The molecule has 0 aliphatic rings. The van der Waals surface area contributed by atoms with E-state index < -0.39 is 36.9 Å². The van der Waals surface area contributed by atoms with E-state index in [4.69, 9.17) is 0 Å². The largest absolute Gasteiger partial charge is 0.394 e. The summed E-state index contributed by atoms with van der Waals surface area (Å²) in [5, 5.41) is 44.1. The van der Waals surface area contributed by atoms with Crippen molar-refractivity contribution in [2.24, 2.45) is 0 Å². The molecule has 4 atom stereocenters. The molecular formula is C70H135NO5. The van der Waals surface area contributed by atoms with Crippen molar-refractivity contribution in [3.05, 3.63) is 36.5 Å². The van der Waals surface area contributed by atoms with E-state index in [0.717, 1.165) is 51.4 Å². The lowest BCUT2D eigenvalue weighted by molar-refractivity contribution is -0.132. The molecule has 0 spiro atoms. The van der Waals surface area contributed by atoms with Crippen LogP contribution in [0.1, 0.15) is 373 Å². The van der Waals surface area contributed by atoms with E-state index in [0.29, 0.717) is 19.3 Å². The molecular weight excluding hydrogens is 935 g/mol. The van der Waals surface area contributed by atoms with Gasteiger partial charge in [-0.15, -0.1) is 0 Å². The summed E-state index contributed by atoms with van der Waals surface area (Å²) in [6.07, 6.45) is 82.7. The SMILES string of the molecule is CCCCCCCCCCCCCCC/C=C/CC/C=C/CC/C=C/CCCC(O)C(O)C(CO)NC(=O)C(O)CCCCCCCCCCCCCCCCCCCCCCCCCCCCCCCCCCCC. The van der Waals surface area contributed by atoms with Gasteiger partial charge in [0.25, 0.3) is 0 Å². The number of aliphatic hydroxyl groups excluding tert-OH is 4. The molecule has 0 bridgehead atoms. The molecule has 1 amide bonds. The van der Waals surface area contributed by atoms with Crippen molar-refractivity contribution >= 4 is 5.91 Å². The lowest BCUT2D eigenvalue weighted by Crippen LogP contribution is -2.53. The highest BCUT2D eigenvalue weighted by atomic mass is 16.3. The molecule has 0 rings (SSSR count). The lowest BCUT2D eigenvalue weighted by atomic mass is 10.00. The molecule has 0 saturated heterocycles. The second-order valence-electron chi connectivity index (χ2n) is 23.9. The fourth-order valence-corrected chi connectivity index (χ4v) is 11.0. The van der Waals surface area contributed by atoms with Crippen LogP contribution in [0.4, 0.5) is 0 Å². The van der Waals surface area contributed by atoms with Crippen molar-refractivity contribution in [2.45, 2.75) is 398 Å². The highest BCUT2D eigenvalue weighted by molar-refractivity contribution is 5.80. The Hall–Kier alpha value is -1.47. The van der Waals surface area contributed by atoms with Crippen LogP contribution in [-0.2, 0) is 4.79 Å². The van der Waals surface area contributed by atoms with Crippen LogP contribution in [0.2, 0.25) is 0 Å². The van der Waals surface area contributed by atoms with Crippen molar-refractivity contribution in [2.75, 3.05) is 6.61 Å². The second-order valence-corrected chi connectivity index (χ2v) is 23.9. The Morgan fingerprint density at radius 3 is 0.829 bits per heavy atom. The van der Waals surface area contributed by atoms with Gasteiger partial charge in [-0.25, -0.2) is 0 Å². The number of nitrogens with one attached hydrogen (secondary N) is 1. The molecule has 0 fully saturated rings. The van der Waals surface area contributed by atoms with Gasteiger partial charge in [-0.05, 0) is 64.2 Å². The second kappa shape index (κ2) is 64.4. The maximum Gasteiger partial charge on any atom is 0.249 e. The number of amides is 1. The maximum atomic E-state index is 12.6. The number of carbonyl (C=O) groups excluding carboxylic acids is 1. The normalized spacial score (nSPS) is 13.7. The summed E-state index contributed by atoms with van der Waals surface area (Å²) >= 11 is 0. The van der Waals surface area contributed by atoms with Gasteiger partial charge in [-0.3, -0.25) is 4.79 Å². The monoisotopic (exact) mass is 1070 g/mol. The molecule has 6 nitrogen and oxygen atoms in total. The Bertz CT molecular complexity index is 1200. The number of carbonyl (C=O) groups is 1. The first-order chi connectivity index (χ1) is 37.5. The zero-order chi connectivity index (χ0) is 55.1. The first kappa shape index (κ1) is 74.5. The highest BCUT2D eigenvalue weighted by Gasteiger charge is 2.28. The third kappa shape index (κ3) is 57.2. The number of unbranched alkanes of at least 4 members (excludes halogenated alkanes) is 49. The Labute approximate surface area is 475 Å². The summed E-state index contributed by atoms with van der Waals surface area (Å²) in [4.78, 5) is 12.6. The number of allylic oxidation sites excluding steroid dienone is 6. The fourth-order valence-electron chi connectivity index (χ4n) is 11.0. The predicted octanol–water partition coefficient (Wildman–Crippen LogP) is 21.1. The highest BCUT2D eigenvalue weighted by Crippen LogP contribution is 2.19. The zero-order valence-electron chi connectivity index (χ0n) is 51.3. The molecule has 0 saturated carbocycles. The van der Waals surface area contributed by atoms with Crippen LogP contribution in [0.15, 0.2) is 36.5 Å². The molecule has 4 unspecified atom stereocenters. The maximum absolute atomic E-state index is 12.6. The van der Waals surface area contributed by atoms with Crippen LogP contribution in [-0.4, -0.2) is 57.3 Å². The summed E-state index contributed by atoms with van der Waals surface area (Å²) in [6.45, 7) is 4.09. The van der Waals surface area contributed by atoms with Gasteiger partial charge in [0.15, 0.2) is 0 Å². The molecule has 0 heterocycles. The molecule has 76 heavy (non-hydrogen) atoms. The first-order valence-electron chi connectivity index (χ1n) is 34.4. The standard InChI is InChI=1S/C70H135NO5/c1-3-5-7-9-11-13-15-17-19-21-23-25-27-29-31-32-33-34-35-36-37-38-40-42-44-46-48-50-52-54-56-58-60-62-64-68(74)70(76)71-66(65-72)69(75)67(73)63-61-59-57-55-53-51-49-47-45-43-41-39-30-28-26-24-22-20-18-16-14-12-10-8-6-4-2/h39,41,47,49,55,57,66-69,72-75H,3-38,40,42-46,48,50-54,56,58-65H2,1-2H3,(H,71,76)/b41-39+,49-47+,57-55+. The van der Waals surface area contributed by atoms with Gasteiger partial charge in [0.05, 0.1) is 18.8 Å². The van der Waals surface area contributed by atoms with E-state index >= 15 is 0 Å². The first-order valence-corrected chi connectivity index (χ1v) is 34.4. The molecule has 6 heteroatoms. The van der Waals surface area contributed by atoms with Gasteiger partial charge >= 0.3 is 0 Å². The Morgan fingerprint density at radius 1 is 0.316 bits per heavy atom. The van der Waals surface area contributed by atoms with Gasteiger partial charge < -0.3 is 25.7 Å². The molecule has 450 valence electrons. The molecule has 0 aromatic rings. The summed E-state index contributed by atoms with van der Waals surface area (Å²) < 4.78 is 0. The quantitative estimate of drug-likeness (QED) is 0.0308. The summed E-state index contributed by atoms with van der Waals surface area (Å²) in [6, 6.07) is -1.01. The smallest absolute Gasteiger partial charge is 0.249 e. The predicted molar refractivity (Wildman–Crippen MR) is 334 cm³/mol. The van der Waals surface area contributed by atoms with Gasteiger partial charge in [0, 0.05) is 0 Å².